The number of Topliss-reactive ketones (excluding diaryl/α,β-unsaturated/α-hetero) is 1. The summed E-state index contributed by atoms with van der Waals surface area (Å²) in [5.74, 6) is -0.880. The van der Waals surface area contributed by atoms with Gasteiger partial charge in [-0.25, -0.2) is 4.79 Å². The topological polar surface area (TPSA) is 75.7 Å². The number of likely N-dealkylation sites (tertiary alicyclic amines) is 1. The maximum Gasteiger partial charge on any atom is 0.321 e. The molecule has 6 heteroatoms. The fourth-order valence-electron chi connectivity index (χ4n) is 3.50. The van der Waals surface area contributed by atoms with Crippen LogP contribution in [-0.4, -0.2) is 41.9 Å². The zero-order valence-electron chi connectivity index (χ0n) is 17.7. The maximum atomic E-state index is 12.6. The van der Waals surface area contributed by atoms with Gasteiger partial charge in [-0.2, -0.15) is 0 Å². The molecule has 0 saturated carbocycles. The smallest absolute Gasteiger partial charge is 0.321 e. The van der Waals surface area contributed by atoms with Gasteiger partial charge in [0.15, 0.2) is 6.10 Å². The Morgan fingerprint density at radius 3 is 2.30 bits per heavy atom. The minimum absolute atomic E-state index is 0.175. The van der Waals surface area contributed by atoms with E-state index in [9.17, 15) is 14.4 Å². The summed E-state index contributed by atoms with van der Waals surface area (Å²) < 4.78 is 5.46. The third-order valence-electron chi connectivity index (χ3n) is 5.59. The van der Waals surface area contributed by atoms with E-state index < -0.39 is 6.10 Å². The number of anilines is 1. The minimum Gasteiger partial charge on any atom is -0.454 e. The summed E-state index contributed by atoms with van der Waals surface area (Å²) in [5.41, 5.74) is 3.42. The summed E-state index contributed by atoms with van der Waals surface area (Å²) in [6, 6.07) is 14.6. The van der Waals surface area contributed by atoms with Crippen molar-refractivity contribution in [3.05, 3.63) is 65.2 Å². The molecule has 1 heterocycles. The lowest BCUT2D eigenvalue weighted by Crippen LogP contribution is -2.43. The lowest BCUT2D eigenvalue weighted by atomic mass is 9.97. The fourth-order valence-corrected chi connectivity index (χ4v) is 3.50. The molecule has 2 aromatic rings. The van der Waals surface area contributed by atoms with E-state index >= 15 is 0 Å². The largest absolute Gasteiger partial charge is 0.454 e. The van der Waals surface area contributed by atoms with Crippen LogP contribution in [0.1, 0.15) is 41.3 Å². The van der Waals surface area contributed by atoms with E-state index in [1.54, 1.807) is 17.9 Å². The van der Waals surface area contributed by atoms with Gasteiger partial charge in [0.1, 0.15) is 0 Å². The van der Waals surface area contributed by atoms with E-state index in [1.807, 2.05) is 56.3 Å². The first-order chi connectivity index (χ1) is 14.3. The molecule has 1 aliphatic rings. The molecule has 1 fully saturated rings. The maximum absolute atomic E-state index is 12.6. The zero-order valence-corrected chi connectivity index (χ0v) is 17.7. The van der Waals surface area contributed by atoms with Crippen LogP contribution in [0.2, 0.25) is 0 Å². The summed E-state index contributed by atoms with van der Waals surface area (Å²) in [6.45, 7) is 6.48. The van der Waals surface area contributed by atoms with Gasteiger partial charge in [0.05, 0.1) is 5.92 Å². The van der Waals surface area contributed by atoms with Crippen molar-refractivity contribution in [3.63, 3.8) is 0 Å². The van der Waals surface area contributed by atoms with Gasteiger partial charge in [-0.15, -0.1) is 0 Å². The lowest BCUT2D eigenvalue weighted by molar-refractivity contribution is -0.152. The highest BCUT2D eigenvalue weighted by molar-refractivity contribution is 6.00. The molecule has 0 radical (unpaired) electrons. The van der Waals surface area contributed by atoms with E-state index in [0.29, 0.717) is 31.5 Å². The summed E-state index contributed by atoms with van der Waals surface area (Å²) in [7, 11) is 0. The highest BCUT2D eigenvalue weighted by Gasteiger charge is 2.30. The number of carbonyl (C=O) groups excluding carboxylic acids is 3. The first-order valence-corrected chi connectivity index (χ1v) is 10.3. The Hall–Kier alpha value is -3.15. The lowest BCUT2D eigenvalue weighted by Gasteiger charge is -2.31. The highest BCUT2D eigenvalue weighted by Crippen LogP contribution is 2.21. The number of benzene rings is 2. The summed E-state index contributed by atoms with van der Waals surface area (Å²) in [6.07, 6.45) is 0.205. The van der Waals surface area contributed by atoms with Gasteiger partial charge in [-0.1, -0.05) is 30.3 Å². The van der Waals surface area contributed by atoms with Gasteiger partial charge in [0.2, 0.25) is 5.78 Å². The molecular formula is C24H28N2O4. The van der Waals surface area contributed by atoms with Crippen LogP contribution in [0.15, 0.2) is 48.5 Å². The average Bonchev–Trinajstić information content (AvgIpc) is 2.75. The van der Waals surface area contributed by atoms with Crippen molar-refractivity contribution in [3.8, 4) is 0 Å². The molecule has 2 aromatic carbocycles. The van der Waals surface area contributed by atoms with Gasteiger partial charge in [-0.3, -0.25) is 9.59 Å². The molecule has 6 nitrogen and oxygen atoms in total. The standard InChI is InChI=1S/C24H28N2O4/c1-16-9-10-20(15-17(16)2)22(27)18(3)30-23(28)19-11-13-26(14-12-19)24(29)25-21-7-5-4-6-8-21/h4-10,15,18-19H,11-14H2,1-3H3,(H,25,29)/t18-/m1/s1. The Kier molecular flexibility index (Phi) is 6.87. The van der Waals surface area contributed by atoms with Crippen molar-refractivity contribution < 1.29 is 19.1 Å². The van der Waals surface area contributed by atoms with Crippen molar-refractivity contribution in [2.24, 2.45) is 5.92 Å². The molecule has 1 saturated heterocycles. The number of carbonyl (C=O) groups is 3. The molecule has 0 unspecified atom stereocenters. The second-order valence-electron chi connectivity index (χ2n) is 7.80. The summed E-state index contributed by atoms with van der Waals surface area (Å²) in [5, 5.41) is 2.86. The van der Waals surface area contributed by atoms with Gasteiger partial charge in [0.25, 0.3) is 0 Å². The first-order valence-electron chi connectivity index (χ1n) is 10.3. The second kappa shape index (κ2) is 9.57. The molecule has 0 aliphatic carbocycles. The first kappa shape index (κ1) is 21.6. The molecule has 0 bridgehead atoms. The normalized spacial score (nSPS) is 15.4. The number of piperidine rings is 1. The van der Waals surface area contributed by atoms with Crippen molar-refractivity contribution in [2.75, 3.05) is 18.4 Å². The van der Waals surface area contributed by atoms with Crippen LogP contribution in [0.5, 0.6) is 0 Å². The molecule has 3 rings (SSSR count). The number of aryl methyl sites for hydroxylation is 2. The van der Waals surface area contributed by atoms with Crippen molar-refractivity contribution >= 4 is 23.5 Å². The second-order valence-corrected chi connectivity index (χ2v) is 7.80. The van der Waals surface area contributed by atoms with Crippen molar-refractivity contribution in [2.45, 2.75) is 39.7 Å². The van der Waals surface area contributed by atoms with Gasteiger partial charge >= 0.3 is 12.0 Å². The number of nitrogens with one attached hydrogen (secondary N) is 1. The molecule has 1 N–H and O–H groups in total. The van der Waals surface area contributed by atoms with Gasteiger partial charge < -0.3 is 15.0 Å². The van der Waals surface area contributed by atoms with E-state index in [4.69, 9.17) is 4.74 Å². The number of urea groups is 1. The molecule has 0 aromatic heterocycles. The van der Waals surface area contributed by atoms with E-state index in [1.165, 1.54) is 0 Å². The number of esters is 1. The number of ketones is 1. The van der Waals surface area contributed by atoms with Crippen molar-refractivity contribution in [1.29, 1.82) is 0 Å². The minimum atomic E-state index is -0.834. The third kappa shape index (κ3) is 5.26. The van der Waals surface area contributed by atoms with Gasteiger partial charge in [0, 0.05) is 24.3 Å². The SMILES string of the molecule is Cc1ccc(C(=O)[C@@H](C)OC(=O)C2CCN(C(=O)Nc3ccccc3)CC2)cc1C. The van der Waals surface area contributed by atoms with Crippen LogP contribution < -0.4 is 5.32 Å². The van der Waals surface area contributed by atoms with Crippen LogP contribution in [-0.2, 0) is 9.53 Å². The molecule has 1 atom stereocenters. The number of amides is 2. The third-order valence-corrected chi connectivity index (χ3v) is 5.59. The van der Waals surface area contributed by atoms with E-state index in [-0.39, 0.29) is 23.7 Å². The van der Waals surface area contributed by atoms with Crippen LogP contribution >= 0.6 is 0 Å². The summed E-state index contributed by atoms with van der Waals surface area (Å²) >= 11 is 0. The number of rotatable bonds is 5. The van der Waals surface area contributed by atoms with Crippen LogP contribution in [0.3, 0.4) is 0 Å². The van der Waals surface area contributed by atoms with Crippen molar-refractivity contribution in [1.82, 2.24) is 4.90 Å². The Bertz CT molecular complexity index is 918. The predicted octanol–water partition coefficient (Wildman–Crippen LogP) is 4.36. The molecular weight excluding hydrogens is 380 g/mol. The molecule has 0 spiro atoms. The number of para-hydroxylation sites is 1. The van der Waals surface area contributed by atoms with E-state index in [0.717, 1.165) is 16.8 Å². The summed E-state index contributed by atoms with van der Waals surface area (Å²) in [4.78, 5) is 39.2. The average molecular weight is 408 g/mol. The van der Waals surface area contributed by atoms with Crippen LogP contribution in [0.4, 0.5) is 10.5 Å². The zero-order chi connectivity index (χ0) is 21.7. The van der Waals surface area contributed by atoms with Crippen LogP contribution in [0, 0.1) is 19.8 Å². The Morgan fingerprint density at radius 1 is 1.00 bits per heavy atom. The molecule has 30 heavy (non-hydrogen) atoms. The van der Waals surface area contributed by atoms with Crippen LogP contribution in [0.25, 0.3) is 0 Å². The molecule has 2 amide bonds. The van der Waals surface area contributed by atoms with Gasteiger partial charge in [-0.05, 0) is 62.9 Å². The predicted molar refractivity (Wildman–Crippen MR) is 116 cm³/mol. The highest BCUT2D eigenvalue weighted by atomic mass is 16.5. The number of nitrogens with zero attached hydrogens (tertiary/aromatic N) is 1. The number of hydrogen-bond donors (Lipinski definition) is 1. The number of hydrogen-bond acceptors (Lipinski definition) is 4. The Morgan fingerprint density at radius 2 is 1.67 bits per heavy atom. The van der Waals surface area contributed by atoms with E-state index in [2.05, 4.69) is 5.32 Å². The quantitative estimate of drug-likeness (QED) is 0.589. The fraction of sp³-hybridized carbons (Fsp3) is 0.375. The Labute approximate surface area is 177 Å². The Balaban J connectivity index is 1.49. The number of ether oxygens (including phenoxy) is 1. The monoisotopic (exact) mass is 408 g/mol. The molecule has 158 valence electrons. The molecule has 1 aliphatic heterocycles.